The van der Waals surface area contributed by atoms with Crippen LogP contribution < -0.4 is 10.6 Å². The van der Waals surface area contributed by atoms with Gasteiger partial charge in [-0.15, -0.1) is 11.3 Å². The van der Waals surface area contributed by atoms with Crippen LogP contribution in [-0.4, -0.2) is 22.1 Å². The summed E-state index contributed by atoms with van der Waals surface area (Å²) < 4.78 is 5.01. The summed E-state index contributed by atoms with van der Waals surface area (Å²) in [5.41, 5.74) is 2.62. The number of hydrogen-bond acceptors (Lipinski definition) is 5. The summed E-state index contributed by atoms with van der Waals surface area (Å²) in [5, 5.41) is 14.0. The van der Waals surface area contributed by atoms with Gasteiger partial charge in [-0.05, 0) is 19.1 Å². The second-order valence-corrected chi connectivity index (χ2v) is 4.91. The maximum atomic E-state index is 11.6. The van der Waals surface area contributed by atoms with Gasteiger partial charge in [0.25, 0.3) is 0 Å². The van der Waals surface area contributed by atoms with Crippen LogP contribution in [0.3, 0.4) is 0 Å². The van der Waals surface area contributed by atoms with Crippen LogP contribution in [0.2, 0.25) is 0 Å². The van der Waals surface area contributed by atoms with Crippen LogP contribution in [0.25, 0.3) is 0 Å². The van der Waals surface area contributed by atoms with Crippen molar-refractivity contribution in [2.24, 2.45) is 0 Å². The maximum Gasteiger partial charge on any atom is 0.371 e. The molecule has 2 rings (SSSR count). The summed E-state index contributed by atoms with van der Waals surface area (Å²) in [5.74, 6) is -0.907. The van der Waals surface area contributed by atoms with E-state index in [9.17, 15) is 9.59 Å². The van der Waals surface area contributed by atoms with E-state index in [1.807, 2.05) is 6.92 Å². The lowest BCUT2D eigenvalue weighted by Crippen LogP contribution is -2.34. The standard InChI is InChI=1S/C12H13N3O4S/c1-7-10(20-6-15-7)5-14-12(18)13-4-8-2-3-9(19-8)11(16)17/h2-3,6H,4-5H2,1H3,(H,16,17)(H2,13,14,18). The highest BCUT2D eigenvalue weighted by Crippen LogP contribution is 2.11. The zero-order valence-corrected chi connectivity index (χ0v) is 11.5. The monoisotopic (exact) mass is 295 g/mol. The molecule has 0 bridgehead atoms. The Kier molecular flexibility index (Phi) is 4.36. The molecule has 2 amide bonds. The van der Waals surface area contributed by atoms with Gasteiger partial charge in [0.15, 0.2) is 0 Å². The van der Waals surface area contributed by atoms with Gasteiger partial charge < -0.3 is 20.2 Å². The van der Waals surface area contributed by atoms with Gasteiger partial charge in [0.1, 0.15) is 5.76 Å². The molecule has 2 aromatic rings. The zero-order valence-electron chi connectivity index (χ0n) is 10.7. The molecule has 0 radical (unpaired) electrons. The fourth-order valence-electron chi connectivity index (χ4n) is 1.47. The molecule has 2 aromatic heterocycles. The first-order valence-corrected chi connectivity index (χ1v) is 6.67. The Bertz CT molecular complexity index is 620. The highest BCUT2D eigenvalue weighted by Gasteiger charge is 2.10. The first-order chi connectivity index (χ1) is 9.56. The average molecular weight is 295 g/mol. The van der Waals surface area contributed by atoms with E-state index in [0.717, 1.165) is 10.6 Å². The number of carbonyl (C=O) groups excluding carboxylic acids is 1. The molecule has 20 heavy (non-hydrogen) atoms. The molecule has 106 valence electrons. The number of nitrogens with one attached hydrogen (secondary N) is 2. The third-order valence-corrected chi connectivity index (χ3v) is 3.49. The number of hydrogen-bond donors (Lipinski definition) is 3. The number of carbonyl (C=O) groups is 2. The third-order valence-electron chi connectivity index (χ3n) is 2.55. The normalized spacial score (nSPS) is 10.2. The van der Waals surface area contributed by atoms with Crippen LogP contribution in [0.1, 0.15) is 26.9 Å². The number of carboxylic acids is 1. The van der Waals surface area contributed by atoms with E-state index in [1.54, 1.807) is 5.51 Å². The fraction of sp³-hybridized carbons (Fsp3) is 0.250. The van der Waals surface area contributed by atoms with Gasteiger partial charge in [0, 0.05) is 4.88 Å². The van der Waals surface area contributed by atoms with Crippen molar-refractivity contribution in [1.29, 1.82) is 0 Å². The maximum absolute atomic E-state index is 11.6. The lowest BCUT2D eigenvalue weighted by Gasteiger charge is -2.05. The smallest absolute Gasteiger partial charge is 0.371 e. The SMILES string of the molecule is Cc1ncsc1CNC(=O)NCc1ccc(C(=O)O)o1. The van der Waals surface area contributed by atoms with Crippen molar-refractivity contribution in [3.63, 3.8) is 0 Å². The Hall–Kier alpha value is -2.35. The van der Waals surface area contributed by atoms with E-state index in [-0.39, 0.29) is 18.3 Å². The van der Waals surface area contributed by atoms with Crippen molar-refractivity contribution in [2.75, 3.05) is 0 Å². The van der Waals surface area contributed by atoms with Gasteiger partial charge in [-0.2, -0.15) is 0 Å². The van der Waals surface area contributed by atoms with E-state index in [2.05, 4.69) is 15.6 Å². The lowest BCUT2D eigenvalue weighted by atomic mass is 10.4. The fourth-order valence-corrected chi connectivity index (χ4v) is 2.19. The topological polar surface area (TPSA) is 104 Å². The minimum absolute atomic E-state index is 0.126. The quantitative estimate of drug-likeness (QED) is 0.779. The highest BCUT2D eigenvalue weighted by atomic mass is 32.1. The van der Waals surface area contributed by atoms with Gasteiger partial charge in [-0.3, -0.25) is 0 Å². The summed E-state index contributed by atoms with van der Waals surface area (Å²) >= 11 is 1.48. The third kappa shape index (κ3) is 3.58. The molecule has 0 saturated carbocycles. The Morgan fingerprint density at radius 1 is 1.35 bits per heavy atom. The van der Waals surface area contributed by atoms with Gasteiger partial charge in [-0.1, -0.05) is 0 Å². The summed E-state index contributed by atoms with van der Waals surface area (Å²) in [6.07, 6.45) is 0. The van der Waals surface area contributed by atoms with E-state index in [0.29, 0.717) is 12.3 Å². The zero-order chi connectivity index (χ0) is 14.5. The van der Waals surface area contributed by atoms with Gasteiger partial charge >= 0.3 is 12.0 Å². The van der Waals surface area contributed by atoms with E-state index in [4.69, 9.17) is 9.52 Å². The van der Waals surface area contributed by atoms with E-state index >= 15 is 0 Å². The second-order valence-electron chi connectivity index (χ2n) is 3.97. The molecule has 8 heteroatoms. The van der Waals surface area contributed by atoms with Crippen LogP contribution in [-0.2, 0) is 13.1 Å². The number of aromatic nitrogens is 1. The number of thiazole rings is 1. The molecule has 0 saturated heterocycles. The minimum Gasteiger partial charge on any atom is -0.475 e. The Morgan fingerprint density at radius 2 is 2.10 bits per heavy atom. The summed E-state index contributed by atoms with van der Waals surface area (Å²) in [6, 6.07) is 2.50. The van der Waals surface area contributed by atoms with Crippen molar-refractivity contribution in [3.8, 4) is 0 Å². The van der Waals surface area contributed by atoms with Crippen LogP contribution in [0.4, 0.5) is 4.79 Å². The van der Waals surface area contributed by atoms with Crippen molar-refractivity contribution >= 4 is 23.3 Å². The number of aryl methyl sites for hydroxylation is 1. The molecule has 0 fully saturated rings. The summed E-state index contributed by atoms with van der Waals surface area (Å²) in [6.45, 7) is 2.41. The number of amides is 2. The minimum atomic E-state index is -1.14. The largest absolute Gasteiger partial charge is 0.475 e. The molecule has 0 aliphatic heterocycles. The van der Waals surface area contributed by atoms with E-state index < -0.39 is 5.97 Å². The van der Waals surface area contributed by atoms with Gasteiger partial charge in [0.05, 0.1) is 24.3 Å². The lowest BCUT2D eigenvalue weighted by molar-refractivity contribution is 0.0660. The second kappa shape index (κ2) is 6.20. The van der Waals surface area contributed by atoms with Crippen LogP contribution >= 0.6 is 11.3 Å². The number of furan rings is 1. The number of nitrogens with zero attached hydrogens (tertiary/aromatic N) is 1. The molecule has 0 atom stereocenters. The molecule has 7 nitrogen and oxygen atoms in total. The molecule has 2 heterocycles. The van der Waals surface area contributed by atoms with Gasteiger partial charge in [-0.25, -0.2) is 14.6 Å². The van der Waals surface area contributed by atoms with Crippen LogP contribution in [0.5, 0.6) is 0 Å². The predicted octanol–water partition coefficient (Wildman–Crippen LogP) is 1.74. The highest BCUT2D eigenvalue weighted by molar-refractivity contribution is 7.09. The summed E-state index contributed by atoms with van der Waals surface area (Å²) in [7, 11) is 0. The Balaban J connectivity index is 1.77. The first kappa shape index (κ1) is 14.1. The average Bonchev–Trinajstić information content (AvgIpc) is 3.03. The van der Waals surface area contributed by atoms with Crippen molar-refractivity contribution < 1.29 is 19.1 Å². The van der Waals surface area contributed by atoms with E-state index in [1.165, 1.54) is 23.5 Å². The number of aromatic carboxylic acids is 1. The molecular weight excluding hydrogens is 282 g/mol. The molecule has 0 aromatic carbocycles. The van der Waals surface area contributed by atoms with Crippen molar-refractivity contribution in [2.45, 2.75) is 20.0 Å². The summed E-state index contributed by atoms with van der Waals surface area (Å²) in [4.78, 5) is 27.3. The Labute approximate surface area is 118 Å². The van der Waals surface area contributed by atoms with Crippen LogP contribution in [0.15, 0.2) is 22.1 Å². The molecule has 0 aliphatic rings. The number of rotatable bonds is 5. The van der Waals surface area contributed by atoms with Crippen molar-refractivity contribution in [3.05, 3.63) is 39.7 Å². The molecule has 0 spiro atoms. The van der Waals surface area contributed by atoms with Crippen molar-refractivity contribution in [1.82, 2.24) is 15.6 Å². The molecular formula is C12H13N3O4S. The number of urea groups is 1. The Morgan fingerprint density at radius 3 is 2.70 bits per heavy atom. The first-order valence-electron chi connectivity index (χ1n) is 5.79. The number of carboxylic acid groups (broad SMARTS) is 1. The molecule has 0 unspecified atom stereocenters. The molecule has 3 N–H and O–H groups in total. The predicted molar refractivity (Wildman–Crippen MR) is 71.6 cm³/mol. The van der Waals surface area contributed by atoms with Crippen LogP contribution in [0, 0.1) is 6.92 Å². The molecule has 0 aliphatic carbocycles. The van der Waals surface area contributed by atoms with Gasteiger partial charge in [0.2, 0.25) is 5.76 Å².